The molecule has 0 bridgehead atoms. The number of fused-ring (bicyclic) bond motifs is 1. The van der Waals surface area contributed by atoms with Crippen molar-refractivity contribution < 1.29 is 0 Å². The van der Waals surface area contributed by atoms with Gasteiger partial charge in [0.15, 0.2) is 0 Å². The van der Waals surface area contributed by atoms with Gasteiger partial charge >= 0.3 is 0 Å². The predicted molar refractivity (Wildman–Crippen MR) is 67.2 cm³/mol. The van der Waals surface area contributed by atoms with Gasteiger partial charge in [-0.25, -0.2) is 9.97 Å². The first-order valence-corrected chi connectivity index (χ1v) is 6.42. The second-order valence-electron chi connectivity index (χ2n) is 4.67. The molecule has 3 rings (SSSR count). The lowest BCUT2D eigenvalue weighted by Crippen LogP contribution is -2.29. The van der Waals surface area contributed by atoms with Crippen molar-refractivity contribution >= 4 is 5.78 Å². The third kappa shape index (κ3) is 1.93. The Morgan fingerprint density at radius 2 is 2.47 bits per heavy atom. The molecule has 1 aliphatic rings. The van der Waals surface area contributed by atoms with Crippen molar-refractivity contribution in [2.45, 2.75) is 32.1 Å². The molecular weight excluding hydrogens is 212 g/mol. The molecule has 2 aromatic rings. The minimum Gasteiger partial charge on any atom is -0.316 e. The molecule has 0 aromatic carbocycles. The Bertz CT molecular complexity index is 511. The Kier molecular flexibility index (Phi) is 2.81. The molecule has 17 heavy (non-hydrogen) atoms. The highest BCUT2D eigenvalue weighted by Gasteiger charge is 2.18. The van der Waals surface area contributed by atoms with Crippen LogP contribution in [0.25, 0.3) is 5.78 Å². The van der Waals surface area contributed by atoms with Gasteiger partial charge in [0.05, 0.1) is 5.69 Å². The Morgan fingerprint density at radius 1 is 1.53 bits per heavy atom. The first kappa shape index (κ1) is 10.7. The van der Waals surface area contributed by atoms with Gasteiger partial charge in [0.2, 0.25) is 5.78 Å². The largest absolute Gasteiger partial charge is 0.316 e. The van der Waals surface area contributed by atoms with Gasteiger partial charge in [-0.15, -0.1) is 0 Å². The molecule has 1 unspecified atom stereocenters. The van der Waals surface area contributed by atoms with Gasteiger partial charge in [0.25, 0.3) is 0 Å². The molecular formula is C13H18N4. The van der Waals surface area contributed by atoms with Crippen LogP contribution in [0, 0.1) is 0 Å². The van der Waals surface area contributed by atoms with E-state index in [4.69, 9.17) is 0 Å². The summed E-state index contributed by atoms with van der Waals surface area (Å²) in [5.41, 5.74) is 2.46. The van der Waals surface area contributed by atoms with Gasteiger partial charge in [0, 0.05) is 30.6 Å². The van der Waals surface area contributed by atoms with Crippen LogP contribution in [0.2, 0.25) is 0 Å². The van der Waals surface area contributed by atoms with Gasteiger partial charge in [0.1, 0.15) is 0 Å². The summed E-state index contributed by atoms with van der Waals surface area (Å²) in [6.07, 6.45) is 7.49. The molecule has 0 spiro atoms. The lowest BCUT2D eigenvalue weighted by Gasteiger charge is -2.23. The van der Waals surface area contributed by atoms with E-state index < -0.39 is 0 Å². The van der Waals surface area contributed by atoms with Crippen LogP contribution in [-0.2, 0) is 6.42 Å². The van der Waals surface area contributed by atoms with Crippen LogP contribution in [-0.4, -0.2) is 27.5 Å². The number of hydrogen-bond acceptors (Lipinski definition) is 3. The van der Waals surface area contributed by atoms with Crippen LogP contribution in [0.15, 0.2) is 18.5 Å². The maximum absolute atomic E-state index is 4.52. The van der Waals surface area contributed by atoms with Gasteiger partial charge in [-0.3, -0.25) is 4.40 Å². The first-order valence-electron chi connectivity index (χ1n) is 6.42. The smallest absolute Gasteiger partial charge is 0.234 e. The average Bonchev–Trinajstić information content (AvgIpc) is 2.82. The van der Waals surface area contributed by atoms with E-state index in [-0.39, 0.29) is 0 Å². The highest BCUT2D eigenvalue weighted by molar-refractivity contribution is 5.34. The maximum atomic E-state index is 4.52. The summed E-state index contributed by atoms with van der Waals surface area (Å²) in [5.74, 6) is 1.43. The Morgan fingerprint density at radius 3 is 3.24 bits per heavy atom. The van der Waals surface area contributed by atoms with Gasteiger partial charge in [-0.1, -0.05) is 6.92 Å². The van der Waals surface area contributed by atoms with Crippen LogP contribution in [0.1, 0.15) is 37.1 Å². The molecule has 2 aromatic heterocycles. The van der Waals surface area contributed by atoms with Crippen molar-refractivity contribution in [3.05, 3.63) is 29.8 Å². The zero-order chi connectivity index (χ0) is 11.7. The van der Waals surface area contributed by atoms with Crippen molar-refractivity contribution in [3.8, 4) is 0 Å². The van der Waals surface area contributed by atoms with Crippen LogP contribution < -0.4 is 5.32 Å². The zero-order valence-corrected chi connectivity index (χ0v) is 10.2. The molecule has 1 N–H and O–H groups in total. The minimum absolute atomic E-state index is 0.591. The molecule has 0 saturated carbocycles. The molecule has 0 amide bonds. The highest BCUT2D eigenvalue weighted by Crippen LogP contribution is 2.23. The molecule has 3 heterocycles. The van der Waals surface area contributed by atoms with Gasteiger partial charge in [-0.05, 0) is 31.9 Å². The van der Waals surface area contributed by atoms with Gasteiger partial charge in [-0.2, -0.15) is 0 Å². The fourth-order valence-corrected chi connectivity index (χ4v) is 2.57. The summed E-state index contributed by atoms with van der Waals surface area (Å²) in [4.78, 5) is 8.85. The second kappa shape index (κ2) is 4.45. The number of nitrogens with one attached hydrogen (secondary N) is 1. The number of nitrogens with zero attached hydrogens (tertiary/aromatic N) is 3. The molecule has 0 aliphatic carbocycles. The van der Waals surface area contributed by atoms with E-state index in [0.29, 0.717) is 5.92 Å². The predicted octanol–water partition coefficient (Wildman–Crippen LogP) is 1.76. The summed E-state index contributed by atoms with van der Waals surface area (Å²) < 4.78 is 2.16. The van der Waals surface area contributed by atoms with Crippen molar-refractivity contribution in [2.75, 3.05) is 13.1 Å². The Hall–Kier alpha value is -1.42. The number of rotatable bonds is 2. The van der Waals surface area contributed by atoms with Crippen molar-refractivity contribution in [2.24, 2.45) is 0 Å². The monoisotopic (exact) mass is 230 g/mol. The van der Waals surface area contributed by atoms with Crippen LogP contribution in [0.4, 0.5) is 0 Å². The second-order valence-corrected chi connectivity index (χ2v) is 4.67. The molecule has 1 saturated heterocycles. The maximum Gasteiger partial charge on any atom is 0.234 e. The third-order valence-corrected chi connectivity index (χ3v) is 3.53. The topological polar surface area (TPSA) is 42.2 Å². The number of piperidine rings is 1. The molecule has 1 aliphatic heterocycles. The molecule has 4 heteroatoms. The van der Waals surface area contributed by atoms with E-state index in [0.717, 1.165) is 31.0 Å². The molecule has 1 fully saturated rings. The summed E-state index contributed by atoms with van der Waals surface area (Å²) >= 11 is 0. The summed E-state index contributed by atoms with van der Waals surface area (Å²) in [6, 6.07) is 2.13. The molecule has 0 radical (unpaired) electrons. The number of hydrogen-bond donors (Lipinski definition) is 1. The van der Waals surface area contributed by atoms with Gasteiger partial charge < -0.3 is 5.32 Å². The first-order chi connectivity index (χ1) is 8.38. The Balaban J connectivity index is 2.05. The molecule has 90 valence electrons. The molecule has 1 atom stereocenters. The molecule has 4 nitrogen and oxygen atoms in total. The third-order valence-electron chi connectivity index (χ3n) is 3.53. The lowest BCUT2D eigenvalue weighted by atomic mass is 9.96. The van der Waals surface area contributed by atoms with E-state index in [2.05, 4.69) is 38.9 Å². The summed E-state index contributed by atoms with van der Waals surface area (Å²) in [6.45, 7) is 4.34. The standard InChI is InChI=1S/C13H18N4/c1-2-11-9-17-12(5-7-15-13(17)16-11)10-4-3-6-14-8-10/h5,7,9-10,14H,2-4,6,8H2,1H3. The van der Waals surface area contributed by atoms with E-state index >= 15 is 0 Å². The van der Waals surface area contributed by atoms with Crippen molar-refractivity contribution in [3.63, 3.8) is 0 Å². The van der Waals surface area contributed by atoms with Crippen LogP contribution >= 0.6 is 0 Å². The van der Waals surface area contributed by atoms with Crippen LogP contribution in [0.3, 0.4) is 0 Å². The van der Waals surface area contributed by atoms with E-state index in [9.17, 15) is 0 Å². The average molecular weight is 230 g/mol. The Labute approximate surface area is 101 Å². The van der Waals surface area contributed by atoms with E-state index in [1.165, 1.54) is 18.5 Å². The minimum atomic E-state index is 0.591. The number of imidazole rings is 1. The summed E-state index contributed by atoms with van der Waals surface area (Å²) in [5, 5.41) is 3.46. The SMILES string of the molecule is CCc1cn2c(C3CCCNC3)ccnc2n1. The highest BCUT2D eigenvalue weighted by atomic mass is 15.1. The lowest BCUT2D eigenvalue weighted by molar-refractivity contribution is 0.451. The number of aromatic nitrogens is 3. The van der Waals surface area contributed by atoms with E-state index in [1.54, 1.807) is 0 Å². The van der Waals surface area contributed by atoms with Crippen LogP contribution in [0.5, 0.6) is 0 Å². The summed E-state index contributed by atoms with van der Waals surface area (Å²) in [7, 11) is 0. The van der Waals surface area contributed by atoms with E-state index in [1.807, 2.05) is 6.20 Å². The van der Waals surface area contributed by atoms with Crippen molar-refractivity contribution in [1.82, 2.24) is 19.7 Å². The fraction of sp³-hybridized carbons (Fsp3) is 0.538. The normalized spacial score (nSPS) is 20.9. The van der Waals surface area contributed by atoms with Crippen molar-refractivity contribution in [1.29, 1.82) is 0 Å². The quantitative estimate of drug-likeness (QED) is 0.854. The fourth-order valence-electron chi connectivity index (χ4n) is 2.57. The number of aryl methyl sites for hydroxylation is 1. The zero-order valence-electron chi connectivity index (χ0n) is 10.2.